The largest absolute Gasteiger partial charge is 0.481 e. The van der Waals surface area contributed by atoms with E-state index in [-0.39, 0.29) is 10.8 Å². The van der Waals surface area contributed by atoms with Crippen molar-refractivity contribution in [1.29, 1.82) is 0 Å². The normalized spacial score (nSPS) is 12.1. The van der Waals surface area contributed by atoms with Gasteiger partial charge in [-0.2, -0.15) is 0 Å². The van der Waals surface area contributed by atoms with Gasteiger partial charge in [-0.25, -0.2) is 8.42 Å². The van der Waals surface area contributed by atoms with E-state index in [0.29, 0.717) is 22.1 Å². The molecule has 0 spiro atoms. The fourth-order valence-electron chi connectivity index (χ4n) is 2.95. The summed E-state index contributed by atoms with van der Waals surface area (Å²) in [5.41, 5.74) is 2.96. The van der Waals surface area contributed by atoms with Crippen LogP contribution in [0.25, 0.3) is 0 Å². The molecule has 0 radical (unpaired) electrons. The van der Waals surface area contributed by atoms with Crippen molar-refractivity contribution >= 4 is 38.9 Å². The van der Waals surface area contributed by atoms with Gasteiger partial charge in [0.1, 0.15) is 5.75 Å². The molecule has 0 fully saturated rings. The molecule has 0 aliphatic heterocycles. The number of rotatable bonds is 7. The van der Waals surface area contributed by atoms with Gasteiger partial charge in [-0.15, -0.1) is 0 Å². The summed E-state index contributed by atoms with van der Waals surface area (Å²) in [4.78, 5) is 12.5. The molecule has 6 nitrogen and oxygen atoms in total. The quantitative estimate of drug-likeness (QED) is 0.512. The predicted molar refractivity (Wildman–Crippen MR) is 123 cm³/mol. The van der Waals surface area contributed by atoms with Gasteiger partial charge in [-0.05, 0) is 92.6 Å². The van der Waals surface area contributed by atoms with Gasteiger partial charge in [0.2, 0.25) is 0 Å². The van der Waals surface area contributed by atoms with Crippen LogP contribution in [0.5, 0.6) is 5.75 Å². The highest BCUT2D eigenvalue weighted by Gasteiger charge is 2.17. The summed E-state index contributed by atoms with van der Waals surface area (Å²) in [6, 6.07) is 18.0. The van der Waals surface area contributed by atoms with Crippen LogP contribution in [0.2, 0.25) is 5.02 Å². The minimum absolute atomic E-state index is 0.0694. The molecule has 0 aromatic heterocycles. The van der Waals surface area contributed by atoms with E-state index >= 15 is 0 Å². The third kappa shape index (κ3) is 6.23. The Morgan fingerprint density at radius 1 is 0.903 bits per heavy atom. The summed E-state index contributed by atoms with van der Waals surface area (Å²) >= 11 is 5.82. The van der Waals surface area contributed by atoms with Gasteiger partial charge in [-0.1, -0.05) is 17.7 Å². The number of sulfonamides is 1. The Bertz CT molecular complexity index is 1160. The number of carbonyl (C=O) groups excluding carboxylic acids is 1. The molecule has 1 amide bonds. The van der Waals surface area contributed by atoms with Crippen LogP contribution in [0.4, 0.5) is 11.4 Å². The lowest BCUT2D eigenvalue weighted by Gasteiger charge is -2.16. The zero-order chi connectivity index (χ0) is 22.6. The van der Waals surface area contributed by atoms with Crippen molar-refractivity contribution in [3.05, 3.63) is 82.9 Å². The highest BCUT2D eigenvalue weighted by molar-refractivity contribution is 7.92. The van der Waals surface area contributed by atoms with Gasteiger partial charge >= 0.3 is 0 Å². The molecule has 2 N–H and O–H groups in total. The highest BCUT2D eigenvalue weighted by Crippen LogP contribution is 2.21. The topological polar surface area (TPSA) is 84.5 Å². The predicted octanol–water partition coefficient (Wildman–Crippen LogP) is 5.16. The fraction of sp³-hybridized carbons (Fsp3) is 0.174. The van der Waals surface area contributed by atoms with E-state index in [0.717, 1.165) is 11.1 Å². The highest BCUT2D eigenvalue weighted by atomic mass is 35.5. The van der Waals surface area contributed by atoms with Crippen molar-refractivity contribution in [2.75, 3.05) is 10.0 Å². The second-order valence-corrected chi connectivity index (χ2v) is 9.33. The Labute approximate surface area is 187 Å². The van der Waals surface area contributed by atoms with Crippen LogP contribution in [0.3, 0.4) is 0 Å². The Kier molecular flexibility index (Phi) is 6.87. The molecule has 31 heavy (non-hydrogen) atoms. The molecule has 0 saturated carbocycles. The minimum atomic E-state index is -3.77. The number of hydrogen-bond donors (Lipinski definition) is 2. The minimum Gasteiger partial charge on any atom is -0.481 e. The van der Waals surface area contributed by atoms with Crippen molar-refractivity contribution in [2.45, 2.75) is 31.8 Å². The molecule has 0 saturated heterocycles. The number of nitrogens with one attached hydrogen (secondary N) is 2. The number of anilines is 2. The van der Waals surface area contributed by atoms with E-state index in [9.17, 15) is 13.2 Å². The van der Waals surface area contributed by atoms with E-state index in [2.05, 4.69) is 10.0 Å². The van der Waals surface area contributed by atoms with Crippen LogP contribution < -0.4 is 14.8 Å². The van der Waals surface area contributed by atoms with Crippen molar-refractivity contribution in [1.82, 2.24) is 0 Å². The first-order chi connectivity index (χ1) is 14.6. The molecule has 162 valence electrons. The molecule has 0 bridgehead atoms. The second kappa shape index (κ2) is 9.41. The first-order valence-corrected chi connectivity index (χ1v) is 11.4. The number of carbonyl (C=O) groups is 1. The van der Waals surface area contributed by atoms with Crippen LogP contribution in [-0.2, 0) is 14.8 Å². The summed E-state index contributed by atoms with van der Waals surface area (Å²) < 4.78 is 33.3. The Balaban J connectivity index is 1.63. The van der Waals surface area contributed by atoms with Gasteiger partial charge in [0.05, 0.1) is 4.90 Å². The van der Waals surface area contributed by atoms with Crippen molar-refractivity contribution in [2.24, 2.45) is 0 Å². The maximum absolute atomic E-state index is 12.5. The van der Waals surface area contributed by atoms with Gasteiger partial charge in [0.15, 0.2) is 6.10 Å². The maximum atomic E-state index is 12.5. The van der Waals surface area contributed by atoms with Crippen LogP contribution in [-0.4, -0.2) is 20.4 Å². The number of aryl methyl sites for hydroxylation is 2. The van der Waals surface area contributed by atoms with Gasteiger partial charge in [0.25, 0.3) is 15.9 Å². The summed E-state index contributed by atoms with van der Waals surface area (Å²) in [5.74, 6) is 0.281. The average molecular weight is 459 g/mol. The lowest BCUT2D eigenvalue weighted by molar-refractivity contribution is -0.122. The number of halogens is 1. The molecule has 1 atom stereocenters. The lowest BCUT2D eigenvalue weighted by Crippen LogP contribution is -2.30. The Hall–Kier alpha value is -3.03. The number of hydrogen-bond acceptors (Lipinski definition) is 4. The molecule has 3 aromatic rings. The molecule has 3 rings (SSSR count). The first kappa shape index (κ1) is 22.7. The molecule has 0 aliphatic rings. The van der Waals surface area contributed by atoms with E-state index in [1.54, 1.807) is 31.2 Å². The number of ether oxygens (including phenoxy) is 1. The van der Waals surface area contributed by atoms with Crippen LogP contribution in [0.1, 0.15) is 18.1 Å². The van der Waals surface area contributed by atoms with Gasteiger partial charge < -0.3 is 10.1 Å². The lowest BCUT2D eigenvalue weighted by atomic mass is 10.1. The summed E-state index contributed by atoms with van der Waals surface area (Å²) in [6.07, 6.45) is -0.726. The molecule has 0 aliphatic carbocycles. The van der Waals surface area contributed by atoms with Crippen molar-refractivity contribution < 1.29 is 17.9 Å². The molecular weight excluding hydrogens is 436 g/mol. The zero-order valence-corrected chi connectivity index (χ0v) is 18.9. The third-order valence-corrected chi connectivity index (χ3v) is 6.06. The van der Waals surface area contributed by atoms with Gasteiger partial charge in [-0.3, -0.25) is 9.52 Å². The second-order valence-electron chi connectivity index (χ2n) is 7.21. The van der Waals surface area contributed by atoms with E-state index in [1.807, 2.05) is 32.0 Å². The fourth-order valence-corrected chi connectivity index (χ4v) is 4.14. The summed E-state index contributed by atoms with van der Waals surface area (Å²) in [5, 5.41) is 3.24. The van der Waals surface area contributed by atoms with Crippen LogP contribution >= 0.6 is 11.6 Å². The molecule has 0 heterocycles. The molecule has 0 unspecified atom stereocenters. The van der Waals surface area contributed by atoms with Crippen molar-refractivity contribution in [3.8, 4) is 5.75 Å². The summed E-state index contributed by atoms with van der Waals surface area (Å²) in [6.45, 7) is 5.58. The molecule has 3 aromatic carbocycles. The number of benzene rings is 3. The summed E-state index contributed by atoms with van der Waals surface area (Å²) in [7, 11) is -3.77. The molecule has 8 heteroatoms. The monoisotopic (exact) mass is 458 g/mol. The average Bonchev–Trinajstić information content (AvgIpc) is 2.69. The Morgan fingerprint density at radius 2 is 1.45 bits per heavy atom. The Morgan fingerprint density at radius 3 is 2.03 bits per heavy atom. The van der Waals surface area contributed by atoms with Gasteiger partial charge in [0, 0.05) is 16.4 Å². The van der Waals surface area contributed by atoms with Crippen molar-refractivity contribution in [3.63, 3.8) is 0 Å². The third-order valence-electron chi connectivity index (χ3n) is 4.41. The SMILES string of the molecule is Cc1cc(C)cc(O[C@@H](C)C(=O)Nc2ccc(S(=O)(=O)Nc3ccc(Cl)cc3)cc2)c1. The van der Waals surface area contributed by atoms with E-state index in [4.69, 9.17) is 16.3 Å². The maximum Gasteiger partial charge on any atom is 0.265 e. The van der Waals surface area contributed by atoms with E-state index < -0.39 is 16.1 Å². The first-order valence-electron chi connectivity index (χ1n) is 9.57. The zero-order valence-electron chi connectivity index (χ0n) is 17.3. The number of amides is 1. The van der Waals surface area contributed by atoms with E-state index in [1.165, 1.54) is 24.3 Å². The smallest absolute Gasteiger partial charge is 0.265 e. The van der Waals surface area contributed by atoms with Crippen LogP contribution in [0.15, 0.2) is 71.6 Å². The van der Waals surface area contributed by atoms with Crippen LogP contribution in [0, 0.1) is 13.8 Å². The standard InChI is InChI=1S/C23H23ClN2O4S/c1-15-12-16(2)14-21(13-15)30-17(3)23(27)25-19-8-10-22(11-9-19)31(28,29)26-20-6-4-18(24)5-7-20/h4-14,17,26H,1-3H3,(H,25,27)/t17-/m0/s1. The molecular formula is C23H23ClN2O4S.